The van der Waals surface area contributed by atoms with Crippen molar-refractivity contribution in [2.75, 3.05) is 46.4 Å². The molecule has 1 aliphatic rings. The quantitative estimate of drug-likeness (QED) is 0.703. The molecule has 144 valence electrons. The second-order valence-corrected chi connectivity index (χ2v) is 6.82. The lowest BCUT2D eigenvalue weighted by Crippen LogP contribution is -2.33. The number of carbonyl (C=O) groups excluding carboxylic acids is 1. The van der Waals surface area contributed by atoms with Gasteiger partial charge in [0, 0.05) is 26.2 Å². The topological polar surface area (TPSA) is 42.0 Å². The van der Waals surface area contributed by atoms with E-state index in [0.717, 1.165) is 51.4 Å². The predicted molar refractivity (Wildman–Crippen MR) is 106 cm³/mol. The van der Waals surface area contributed by atoms with Crippen molar-refractivity contribution in [2.24, 2.45) is 0 Å². The van der Waals surface area contributed by atoms with Crippen LogP contribution >= 0.6 is 0 Å². The van der Waals surface area contributed by atoms with Crippen molar-refractivity contribution >= 4 is 5.97 Å². The molecular formula is C22H28N2O3. The third-order valence-corrected chi connectivity index (χ3v) is 4.90. The van der Waals surface area contributed by atoms with E-state index >= 15 is 0 Å². The van der Waals surface area contributed by atoms with E-state index < -0.39 is 0 Å². The molecule has 0 amide bonds. The summed E-state index contributed by atoms with van der Waals surface area (Å²) < 4.78 is 10.5. The summed E-state index contributed by atoms with van der Waals surface area (Å²) in [4.78, 5) is 17.0. The molecule has 2 aromatic carbocycles. The number of rotatable bonds is 7. The minimum atomic E-state index is -0.279. The molecule has 0 bridgehead atoms. The van der Waals surface area contributed by atoms with Crippen LogP contribution in [0.5, 0.6) is 5.75 Å². The van der Waals surface area contributed by atoms with E-state index in [1.54, 1.807) is 31.4 Å². The molecule has 0 spiro atoms. The van der Waals surface area contributed by atoms with E-state index in [9.17, 15) is 4.79 Å². The monoisotopic (exact) mass is 368 g/mol. The maximum Gasteiger partial charge on any atom is 0.338 e. The fraction of sp³-hybridized carbons (Fsp3) is 0.409. The summed E-state index contributed by atoms with van der Waals surface area (Å²) in [6.07, 6.45) is 1.14. The number of ether oxygens (including phenoxy) is 2. The molecule has 1 fully saturated rings. The average molecular weight is 368 g/mol. The zero-order valence-electron chi connectivity index (χ0n) is 16.0. The van der Waals surface area contributed by atoms with Crippen LogP contribution in [0.25, 0.3) is 0 Å². The van der Waals surface area contributed by atoms with Crippen LogP contribution in [0.2, 0.25) is 0 Å². The summed E-state index contributed by atoms with van der Waals surface area (Å²) in [7, 11) is 1.61. The van der Waals surface area contributed by atoms with E-state index in [1.165, 1.54) is 5.56 Å². The van der Waals surface area contributed by atoms with Gasteiger partial charge >= 0.3 is 5.97 Å². The number of nitrogens with zero attached hydrogens (tertiary/aromatic N) is 2. The zero-order valence-corrected chi connectivity index (χ0v) is 16.0. The Morgan fingerprint density at radius 3 is 2.37 bits per heavy atom. The van der Waals surface area contributed by atoms with E-state index in [-0.39, 0.29) is 5.97 Å². The zero-order chi connectivity index (χ0) is 18.9. The lowest BCUT2D eigenvalue weighted by atomic mass is 10.2. The molecule has 3 rings (SSSR count). The van der Waals surface area contributed by atoms with Gasteiger partial charge in [-0.3, -0.25) is 9.80 Å². The molecule has 0 atom stereocenters. The van der Waals surface area contributed by atoms with Gasteiger partial charge in [0.25, 0.3) is 0 Å². The molecule has 1 aliphatic heterocycles. The molecule has 0 N–H and O–H groups in total. The molecule has 5 heteroatoms. The Bertz CT molecular complexity index is 703. The Morgan fingerprint density at radius 1 is 0.926 bits per heavy atom. The van der Waals surface area contributed by atoms with E-state index in [1.807, 2.05) is 0 Å². The van der Waals surface area contributed by atoms with Crippen molar-refractivity contribution in [3.63, 3.8) is 0 Å². The highest BCUT2D eigenvalue weighted by Gasteiger charge is 2.15. The second-order valence-electron chi connectivity index (χ2n) is 6.82. The van der Waals surface area contributed by atoms with E-state index in [2.05, 4.69) is 40.1 Å². The Balaban J connectivity index is 1.39. The summed E-state index contributed by atoms with van der Waals surface area (Å²) in [5.74, 6) is 0.453. The largest absolute Gasteiger partial charge is 0.497 e. The van der Waals surface area contributed by atoms with Crippen LogP contribution in [0.4, 0.5) is 0 Å². The van der Waals surface area contributed by atoms with Gasteiger partial charge in [-0.05, 0) is 49.3 Å². The summed E-state index contributed by atoms with van der Waals surface area (Å²) in [6.45, 7) is 6.41. The number of hydrogen-bond donors (Lipinski definition) is 0. The van der Waals surface area contributed by atoms with Gasteiger partial charge in [-0.2, -0.15) is 0 Å². The fourth-order valence-electron chi connectivity index (χ4n) is 3.33. The van der Waals surface area contributed by atoms with E-state index in [0.29, 0.717) is 12.2 Å². The lowest BCUT2D eigenvalue weighted by Gasteiger charge is -2.21. The van der Waals surface area contributed by atoms with Gasteiger partial charge in [0.1, 0.15) is 12.4 Å². The normalized spacial score (nSPS) is 15.9. The van der Waals surface area contributed by atoms with Crippen LogP contribution in [-0.4, -0.2) is 62.2 Å². The minimum absolute atomic E-state index is 0.279. The van der Waals surface area contributed by atoms with Crippen molar-refractivity contribution in [3.05, 3.63) is 65.7 Å². The van der Waals surface area contributed by atoms with Crippen LogP contribution in [0, 0.1) is 0 Å². The molecule has 5 nitrogen and oxygen atoms in total. The SMILES string of the molecule is COc1ccc(C(=O)OCCN2CCCN(Cc3ccccc3)CC2)cc1. The van der Waals surface area contributed by atoms with Crippen LogP contribution < -0.4 is 4.74 Å². The van der Waals surface area contributed by atoms with Crippen molar-refractivity contribution in [1.29, 1.82) is 0 Å². The summed E-state index contributed by atoms with van der Waals surface area (Å²) >= 11 is 0. The number of hydrogen-bond acceptors (Lipinski definition) is 5. The maximum atomic E-state index is 12.1. The van der Waals surface area contributed by atoms with Crippen molar-refractivity contribution in [1.82, 2.24) is 9.80 Å². The first-order valence-electron chi connectivity index (χ1n) is 9.54. The minimum Gasteiger partial charge on any atom is -0.497 e. The molecule has 0 saturated carbocycles. The van der Waals surface area contributed by atoms with Gasteiger partial charge in [0.2, 0.25) is 0 Å². The molecule has 2 aromatic rings. The first-order valence-corrected chi connectivity index (χ1v) is 9.54. The summed E-state index contributed by atoms with van der Waals surface area (Å²) in [5.41, 5.74) is 1.92. The third kappa shape index (κ3) is 6.08. The maximum absolute atomic E-state index is 12.1. The summed E-state index contributed by atoms with van der Waals surface area (Å²) in [6, 6.07) is 17.6. The molecule has 0 radical (unpaired) electrons. The number of methoxy groups -OCH3 is 1. The van der Waals surface area contributed by atoms with Crippen LogP contribution in [0.1, 0.15) is 22.3 Å². The Hall–Kier alpha value is -2.37. The highest BCUT2D eigenvalue weighted by atomic mass is 16.5. The van der Waals surface area contributed by atoms with Gasteiger partial charge in [-0.25, -0.2) is 4.79 Å². The molecule has 0 aromatic heterocycles. The summed E-state index contributed by atoms with van der Waals surface area (Å²) in [5, 5.41) is 0. The van der Waals surface area contributed by atoms with Gasteiger partial charge < -0.3 is 9.47 Å². The second kappa shape index (κ2) is 10.1. The van der Waals surface area contributed by atoms with Gasteiger partial charge in [0.15, 0.2) is 0 Å². The van der Waals surface area contributed by atoms with Crippen LogP contribution in [-0.2, 0) is 11.3 Å². The van der Waals surface area contributed by atoms with Crippen molar-refractivity contribution < 1.29 is 14.3 Å². The number of esters is 1. The average Bonchev–Trinajstić information content (AvgIpc) is 2.94. The highest BCUT2D eigenvalue weighted by molar-refractivity contribution is 5.89. The molecular weight excluding hydrogens is 340 g/mol. The van der Waals surface area contributed by atoms with Crippen molar-refractivity contribution in [3.8, 4) is 5.75 Å². The Kier molecular flexibility index (Phi) is 7.25. The van der Waals surface area contributed by atoms with Gasteiger partial charge in [-0.1, -0.05) is 30.3 Å². The molecule has 1 heterocycles. The number of benzene rings is 2. The fourth-order valence-corrected chi connectivity index (χ4v) is 3.33. The standard InChI is InChI=1S/C22H28N2O3/c1-26-21-10-8-20(9-11-21)22(25)27-17-16-23-12-5-13-24(15-14-23)18-19-6-3-2-4-7-19/h2-4,6-11H,5,12-18H2,1H3. The smallest absolute Gasteiger partial charge is 0.338 e. The first kappa shape index (κ1) is 19.4. The van der Waals surface area contributed by atoms with E-state index in [4.69, 9.17) is 9.47 Å². The molecule has 0 unspecified atom stereocenters. The molecule has 0 aliphatic carbocycles. The first-order chi connectivity index (χ1) is 13.2. The van der Waals surface area contributed by atoms with Gasteiger partial charge in [-0.15, -0.1) is 0 Å². The molecule has 27 heavy (non-hydrogen) atoms. The molecule has 1 saturated heterocycles. The lowest BCUT2D eigenvalue weighted by molar-refractivity contribution is 0.0463. The Labute approximate surface area is 161 Å². The van der Waals surface area contributed by atoms with Crippen molar-refractivity contribution in [2.45, 2.75) is 13.0 Å². The predicted octanol–water partition coefficient (Wildman–Crippen LogP) is 3.06. The third-order valence-electron chi connectivity index (χ3n) is 4.90. The van der Waals surface area contributed by atoms with Crippen LogP contribution in [0.3, 0.4) is 0 Å². The van der Waals surface area contributed by atoms with Gasteiger partial charge in [0.05, 0.1) is 12.7 Å². The van der Waals surface area contributed by atoms with Crippen LogP contribution in [0.15, 0.2) is 54.6 Å². The number of carbonyl (C=O) groups is 1. The highest BCUT2D eigenvalue weighted by Crippen LogP contribution is 2.12. The Morgan fingerprint density at radius 2 is 1.63 bits per heavy atom.